The first-order chi connectivity index (χ1) is 8.52. The highest BCUT2D eigenvalue weighted by Crippen LogP contribution is 2.40. The lowest BCUT2D eigenvalue weighted by molar-refractivity contribution is 0.647. The molecule has 0 fully saturated rings. The van der Waals surface area contributed by atoms with Gasteiger partial charge < -0.3 is 5.32 Å². The van der Waals surface area contributed by atoms with Crippen LogP contribution in [0.15, 0.2) is 20.4 Å². The standard InChI is InChI=1S/C13H15Br2NS2/c1-4-16-11(10-5-7(2)13(15)18-10)12-9(14)6-8(3)17-12/h5-6,11,16H,4H2,1-3H3. The second-order valence-corrected chi connectivity index (χ2v) is 8.71. The summed E-state index contributed by atoms with van der Waals surface area (Å²) in [4.78, 5) is 4.07. The molecular weight excluding hydrogens is 394 g/mol. The van der Waals surface area contributed by atoms with Crippen LogP contribution in [0.3, 0.4) is 0 Å². The fraction of sp³-hybridized carbons (Fsp3) is 0.385. The highest BCUT2D eigenvalue weighted by molar-refractivity contribution is 9.11. The van der Waals surface area contributed by atoms with Gasteiger partial charge in [-0.2, -0.15) is 0 Å². The third-order valence-electron chi connectivity index (χ3n) is 2.67. The van der Waals surface area contributed by atoms with Crippen molar-refractivity contribution in [2.45, 2.75) is 26.8 Å². The van der Waals surface area contributed by atoms with Gasteiger partial charge in [0.2, 0.25) is 0 Å². The van der Waals surface area contributed by atoms with Gasteiger partial charge in [0.15, 0.2) is 0 Å². The third-order valence-corrected chi connectivity index (χ3v) is 6.90. The van der Waals surface area contributed by atoms with Crippen molar-refractivity contribution in [2.75, 3.05) is 6.54 Å². The second kappa shape index (κ2) is 6.18. The SMILES string of the molecule is CCNC(c1cc(C)c(Br)s1)c1sc(C)cc1Br. The van der Waals surface area contributed by atoms with Gasteiger partial charge in [-0.15, -0.1) is 22.7 Å². The lowest BCUT2D eigenvalue weighted by Gasteiger charge is -2.15. The average Bonchev–Trinajstić information content (AvgIpc) is 2.79. The monoisotopic (exact) mass is 407 g/mol. The summed E-state index contributed by atoms with van der Waals surface area (Å²) in [5, 5.41) is 3.58. The number of hydrogen-bond acceptors (Lipinski definition) is 3. The summed E-state index contributed by atoms with van der Waals surface area (Å²) in [6.07, 6.45) is 0. The third kappa shape index (κ3) is 3.07. The van der Waals surface area contributed by atoms with Crippen LogP contribution in [0.2, 0.25) is 0 Å². The van der Waals surface area contributed by atoms with Crippen LogP contribution in [0, 0.1) is 13.8 Å². The highest BCUT2D eigenvalue weighted by Gasteiger charge is 2.20. The summed E-state index contributed by atoms with van der Waals surface area (Å²) in [7, 11) is 0. The van der Waals surface area contributed by atoms with Gasteiger partial charge in [-0.25, -0.2) is 0 Å². The first-order valence-electron chi connectivity index (χ1n) is 5.78. The number of aryl methyl sites for hydroxylation is 2. The highest BCUT2D eigenvalue weighted by atomic mass is 79.9. The molecule has 98 valence electrons. The Kier molecular flexibility index (Phi) is 5.06. The van der Waals surface area contributed by atoms with Gasteiger partial charge >= 0.3 is 0 Å². The molecule has 1 N–H and O–H groups in total. The Labute approximate surface area is 133 Å². The first-order valence-corrected chi connectivity index (χ1v) is 8.99. The van der Waals surface area contributed by atoms with E-state index < -0.39 is 0 Å². The van der Waals surface area contributed by atoms with Gasteiger partial charge in [-0.05, 0) is 69.9 Å². The topological polar surface area (TPSA) is 12.0 Å². The summed E-state index contributed by atoms with van der Waals surface area (Å²) >= 11 is 11.0. The van der Waals surface area contributed by atoms with Crippen molar-refractivity contribution in [2.24, 2.45) is 0 Å². The molecule has 0 aromatic carbocycles. The van der Waals surface area contributed by atoms with Gasteiger partial charge in [-0.1, -0.05) is 6.92 Å². The first kappa shape index (κ1) is 14.7. The van der Waals surface area contributed by atoms with E-state index in [0.29, 0.717) is 0 Å². The van der Waals surface area contributed by atoms with Crippen molar-refractivity contribution in [1.82, 2.24) is 5.32 Å². The van der Waals surface area contributed by atoms with E-state index in [9.17, 15) is 0 Å². The number of hydrogen-bond donors (Lipinski definition) is 1. The van der Waals surface area contributed by atoms with E-state index in [1.807, 2.05) is 22.7 Å². The molecule has 1 unspecified atom stereocenters. The molecule has 0 bridgehead atoms. The van der Waals surface area contributed by atoms with Crippen molar-refractivity contribution in [3.63, 3.8) is 0 Å². The van der Waals surface area contributed by atoms with Crippen LogP contribution in [0.1, 0.15) is 33.2 Å². The van der Waals surface area contributed by atoms with Crippen molar-refractivity contribution in [3.8, 4) is 0 Å². The summed E-state index contributed by atoms with van der Waals surface area (Å²) < 4.78 is 2.43. The van der Waals surface area contributed by atoms with Crippen molar-refractivity contribution in [1.29, 1.82) is 0 Å². The molecule has 0 saturated carbocycles. The fourth-order valence-electron chi connectivity index (χ4n) is 1.85. The molecule has 0 aliphatic heterocycles. The Bertz CT molecular complexity index is 526. The van der Waals surface area contributed by atoms with Crippen LogP contribution in [-0.2, 0) is 0 Å². The largest absolute Gasteiger partial charge is 0.305 e. The van der Waals surface area contributed by atoms with Crippen molar-refractivity contribution >= 4 is 54.5 Å². The zero-order valence-electron chi connectivity index (χ0n) is 10.5. The van der Waals surface area contributed by atoms with E-state index in [4.69, 9.17) is 0 Å². The maximum absolute atomic E-state index is 3.67. The van der Waals surface area contributed by atoms with Crippen LogP contribution in [0.4, 0.5) is 0 Å². The van der Waals surface area contributed by atoms with E-state index in [1.165, 1.54) is 28.5 Å². The average molecular weight is 409 g/mol. The summed E-state index contributed by atoms with van der Waals surface area (Å²) in [6, 6.07) is 4.75. The lowest BCUT2D eigenvalue weighted by Crippen LogP contribution is -2.20. The Balaban J connectivity index is 2.42. The molecule has 0 radical (unpaired) electrons. The van der Waals surface area contributed by atoms with Crippen LogP contribution in [-0.4, -0.2) is 6.54 Å². The maximum Gasteiger partial charge on any atom is 0.0776 e. The number of thiophene rings is 2. The minimum absolute atomic E-state index is 0.290. The predicted octanol–water partition coefficient (Wildman–Crippen LogP) is 5.65. The number of halogens is 2. The molecule has 0 aliphatic rings. The van der Waals surface area contributed by atoms with Crippen LogP contribution >= 0.6 is 54.5 Å². The minimum atomic E-state index is 0.290. The molecule has 18 heavy (non-hydrogen) atoms. The van der Waals surface area contributed by atoms with E-state index >= 15 is 0 Å². The van der Waals surface area contributed by atoms with Crippen molar-refractivity contribution in [3.05, 3.63) is 40.6 Å². The number of nitrogens with one attached hydrogen (secondary N) is 1. The summed E-state index contributed by atoms with van der Waals surface area (Å²) in [5.41, 5.74) is 1.31. The lowest BCUT2D eigenvalue weighted by atomic mass is 10.2. The Morgan fingerprint density at radius 3 is 2.39 bits per heavy atom. The molecule has 1 atom stereocenters. The Hall–Kier alpha value is 0.320. The van der Waals surface area contributed by atoms with Gasteiger partial charge in [0.05, 0.1) is 9.83 Å². The van der Waals surface area contributed by atoms with E-state index in [1.54, 1.807) is 0 Å². The normalized spacial score (nSPS) is 12.9. The summed E-state index contributed by atoms with van der Waals surface area (Å²) in [6.45, 7) is 7.40. The number of rotatable bonds is 4. The van der Waals surface area contributed by atoms with E-state index in [0.717, 1.165) is 6.54 Å². The van der Waals surface area contributed by atoms with Gasteiger partial charge in [0, 0.05) is 19.1 Å². The van der Waals surface area contributed by atoms with Gasteiger partial charge in [0.1, 0.15) is 0 Å². The zero-order valence-corrected chi connectivity index (χ0v) is 15.3. The van der Waals surface area contributed by atoms with Crippen molar-refractivity contribution < 1.29 is 0 Å². The van der Waals surface area contributed by atoms with E-state index in [-0.39, 0.29) is 6.04 Å². The van der Waals surface area contributed by atoms with Gasteiger partial charge in [-0.3, -0.25) is 0 Å². The fourth-order valence-corrected chi connectivity index (χ4v) is 5.56. The molecule has 0 amide bonds. The second-order valence-electron chi connectivity index (χ2n) is 4.17. The molecule has 0 aliphatic carbocycles. The molecule has 2 aromatic heterocycles. The molecule has 2 aromatic rings. The summed E-state index contributed by atoms with van der Waals surface area (Å²) in [5.74, 6) is 0. The molecule has 0 spiro atoms. The van der Waals surface area contributed by atoms with E-state index in [2.05, 4.69) is 70.1 Å². The Morgan fingerprint density at radius 2 is 1.94 bits per heavy atom. The zero-order chi connectivity index (χ0) is 13.3. The molecule has 1 nitrogen and oxygen atoms in total. The molecule has 0 saturated heterocycles. The molecule has 5 heteroatoms. The minimum Gasteiger partial charge on any atom is -0.305 e. The smallest absolute Gasteiger partial charge is 0.0776 e. The predicted molar refractivity (Wildman–Crippen MR) is 89.0 cm³/mol. The Morgan fingerprint density at radius 1 is 1.22 bits per heavy atom. The maximum atomic E-state index is 3.67. The van der Waals surface area contributed by atoms with Gasteiger partial charge in [0.25, 0.3) is 0 Å². The molecule has 2 rings (SSSR count). The quantitative estimate of drug-likeness (QED) is 0.688. The van der Waals surface area contributed by atoms with Crippen LogP contribution in [0.5, 0.6) is 0 Å². The van der Waals surface area contributed by atoms with Crippen LogP contribution < -0.4 is 5.32 Å². The molecule has 2 heterocycles. The molecular formula is C13H15Br2NS2. The van der Waals surface area contributed by atoms with Crippen LogP contribution in [0.25, 0.3) is 0 Å².